The molecule has 1 aromatic heterocycles. The van der Waals surface area contributed by atoms with E-state index in [0.29, 0.717) is 10.6 Å². The molecule has 6 heteroatoms. The zero-order valence-electron chi connectivity index (χ0n) is 6.93. The Balaban J connectivity index is 2.58. The largest absolute Gasteiger partial charge is 0.396 e. The first-order chi connectivity index (χ1) is 6.17. The molecule has 0 aliphatic heterocycles. The van der Waals surface area contributed by atoms with Crippen LogP contribution in [0.1, 0.15) is 6.42 Å². The van der Waals surface area contributed by atoms with Crippen molar-refractivity contribution in [3.8, 4) is 0 Å². The second-order valence-electron chi connectivity index (χ2n) is 2.41. The van der Waals surface area contributed by atoms with Crippen LogP contribution in [-0.2, 0) is 10.0 Å². The van der Waals surface area contributed by atoms with Gasteiger partial charge in [0.05, 0.1) is 0 Å². The molecule has 74 valence electrons. The molecular weight excluding hydrogens is 210 g/mol. The summed E-state index contributed by atoms with van der Waals surface area (Å²) in [6.07, 6.45) is 0.435. The number of rotatable bonds is 5. The average Bonchev–Trinajstić information content (AvgIpc) is 2.56. The third kappa shape index (κ3) is 3.07. The van der Waals surface area contributed by atoms with E-state index in [2.05, 4.69) is 4.72 Å². The summed E-state index contributed by atoms with van der Waals surface area (Å²) in [5.41, 5.74) is 0. The molecule has 0 saturated heterocycles. The number of sulfonamides is 1. The van der Waals surface area contributed by atoms with Gasteiger partial charge >= 0.3 is 0 Å². The van der Waals surface area contributed by atoms with Gasteiger partial charge in [0.15, 0.2) is 0 Å². The van der Waals surface area contributed by atoms with Crippen LogP contribution in [0, 0.1) is 0 Å². The highest BCUT2D eigenvalue weighted by atomic mass is 32.2. The molecule has 0 radical (unpaired) electrons. The van der Waals surface area contributed by atoms with Gasteiger partial charge in [0.1, 0.15) is 4.21 Å². The van der Waals surface area contributed by atoms with Crippen LogP contribution in [0.25, 0.3) is 0 Å². The van der Waals surface area contributed by atoms with Crippen molar-refractivity contribution in [1.82, 2.24) is 4.72 Å². The van der Waals surface area contributed by atoms with E-state index in [0.717, 1.165) is 0 Å². The van der Waals surface area contributed by atoms with Gasteiger partial charge in [-0.1, -0.05) is 6.07 Å². The number of hydrogen-bond acceptors (Lipinski definition) is 4. The Morgan fingerprint density at radius 3 is 2.85 bits per heavy atom. The maximum atomic E-state index is 11.4. The van der Waals surface area contributed by atoms with Gasteiger partial charge in [-0.3, -0.25) is 0 Å². The molecule has 0 spiro atoms. The lowest BCUT2D eigenvalue weighted by molar-refractivity contribution is 0.289. The van der Waals surface area contributed by atoms with Gasteiger partial charge in [0.25, 0.3) is 0 Å². The number of thiophene rings is 1. The fourth-order valence-electron chi connectivity index (χ4n) is 0.773. The van der Waals surface area contributed by atoms with Crippen LogP contribution in [0.2, 0.25) is 0 Å². The molecule has 1 aromatic rings. The van der Waals surface area contributed by atoms with Crippen molar-refractivity contribution in [3.63, 3.8) is 0 Å². The fraction of sp³-hybridized carbons (Fsp3) is 0.429. The van der Waals surface area contributed by atoms with E-state index in [1.807, 2.05) is 0 Å². The normalized spacial score (nSPS) is 11.8. The van der Waals surface area contributed by atoms with Crippen LogP contribution >= 0.6 is 11.3 Å². The minimum absolute atomic E-state index is 0.00698. The standard InChI is InChI=1S/C7H11NO3S2/c9-5-2-4-8-13(10,11)7-3-1-6-12-7/h1,3,6,8-9H,2,4-5H2. The van der Waals surface area contributed by atoms with Crippen LogP contribution in [0.3, 0.4) is 0 Å². The molecule has 2 N–H and O–H groups in total. The number of aliphatic hydroxyl groups is 1. The second kappa shape index (κ2) is 4.71. The summed E-state index contributed by atoms with van der Waals surface area (Å²) in [5.74, 6) is 0. The molecular formula is C7H11NO3S2. The summed E-state index contributed by atoms with van der Waals surface area (Å²) in [4.78, 5) is 0. The van der Waals surface area contributed by atoms with Crippen LogP contribution < -0.4 is 4.72 Å². The van der Waals surface area contributed by atoms with Crippen molar-refractivity contribution in [2.45, 2.75) is 10.6 Å². The molecule has 0 atom stereocenters. The zero-order valence-corrected chi connectivity index (χ0v) is 8.57. The molecule has 0 bridgehead atoms. The summed E-state index contributed by atoms with van der Waals surface area (Å²) in [5, 5.41) is 10.2. The number of nitrogens with one attached hydrogen (secondary N) is 1. The lowest BCUT2D eigenvalue weighted by atomic mass is 10.5. The Morgan fingerprint density at radius 1 is 1.54 bits per heavy atom. The lowest BCUT2D eigenvalue weighted by Gasteiger charge is -2.02. The molecule has 1 heterocycles. The van der Waals surface area contributed by atoms with E-state index < -0.39 is 10.0 Å². The maximum absolute atomic E-state index is 11.4. The van der Waals surface area contributed by atoms with Gasteiger partial charge in [-0.05, 0) is 17.9 Å². The van der Waals surface area contributed by atoms with Gasteiger partial charge in [0.2, 0.25) is 10.0 Å². The SMILES string of the molecule is O=S(=O)(NCCCO)c1cccs1. The highest BCUT2D eigenvalue weighted by Gasteiger charge is 2.13. The molecule has 4 nitrogen and oxygen atoms in total. The molecule has 0 fully saturated rings. The third-order valence-electron chi connectivity index (χ3n) is 1.39. The maximum Gasteiger partial charge on any atom is 0.250 e. The summed E-state index contributed by atoms with van der Waals surface area (Å²) in [7, 11) is -3.33. The third-order valence-corrected chi connectivity index (χ3v) is 4.25. The van der Waals surface area contributed by atoms with Gasteiger partial charge in [-0.15, -0.1) is 11.3 Å². The van der Waals surface area contributed by atoms with Gasteiger partial charge in [-0.25, -0.2) is 13.1 Å². The van der Waals surface area contributed by atoms with Gasteiger partial charge < -0.3 is 5.11 Å². The molecule has 0 aliphatic carbocycles. The van der Waals surface area contributed by atoms with E-state index >= 15 is 0 Å². The van der Waals surface area contributed by atoms with Crippen molar-refractivity contribution in [2.75, 3.05) is 13.2 Å². The molecule has 1 rings (SSSR count). The van der Waals surface area contributed by atoms with E-state index in [1.165, 1.54) is 11.3 Å². The van der Waals surface area contributed by atoms with Crippen LogP contribution in [-0.4, -0.2) is 26.7 Å². The first-order valence-electron chi connectivity index (χ1n) is 3.81. The minimum Gasteiger partial charge on any atom is -0.396 e. The van der Waals surface area contributed by atoms with E-state index in [9.17, 15) is 8.42 Å². The Kier molecular flexibility index (Phi) is 3.86. The molecule has 0 saturated carbocycles. The Morgan fingerprint density at radius 2 is 2.31 bits per heavy atom. The molecule has 0 unspecified atom stereocenters. The second-order valence-corrected chi connectivity index (χ2v) is 5.35. The predicted molar refractivity (Wildman–Crippen MR) is 51.2 cm³/mol. The molecule has 0 aromatic carbocycles. The fourth-order valence-corrected chi connectivity index (χ4v) is 2.88. The van der Waals surface area contributed by atoms with Crippen LogP contribution in [0.5, 0.6) is 0 Å². The van der Waals surface area contributed by atoms with E-state index in [1.54, 1.807) is 17.5 Å². The predicted octanol–water partition coefficient (Wildman–Crippen LogP) is 0.409. The van der Waals surface area contributed by atoms with E-state index in [-0.39, 0.29) is 13.2 Å². The highest BCUT2D eigenvalue weighted by molar-refractivity contribution is 7.91. The van der Waals surface area contributed by atoms with Gasteiger partial charge in [-0.2, -0.15) is 0 Å². The summed E-state index contributed by atoms with van der Waals surface area (Å²) < 4.78 is 25.5. The highest BCUT2D eigenvalue weighted by Crippen LogP contribution is 2.14. The van der Waals surface area contributed by atoms with Crippen LogP contribution in [0.15, 0.2) is 21.7 Å². The lowest BCUT2D eigenvalue weighted by Crippen LogP contribution is -2.24. The quantitative estimate of drug-likeness (QED) is 0.708. The topological polar surface area (TPSA) is 66.4 Å². The first kappa shape index (κ1) is 10.6. The minimum atomic E-state index is -3.33. The van der Waals surface area contributed by atoms with E-state index in [4.69, 9.17) is 5.11 Å². The van der Waals surface area contributed by atoms with Crippen molar-refractivity contribution in [2.24, 2.45) is 0 Å². The summed E-state index contributed by atoms with van der Waals surface area (Å²) >= 11 is 1.17. The Bertz CT molecular complexity index is 331. The Labute approximate surface area is 81.3 Å². The molecule has 13 heavy (non-hydrogen) atoms. The average molecular weight is 221 g/mol. The summed E-state index contributed by atoms with van der Waals surface area (Å²) in [6.45, 7) is 0.268. The van der Waals surface area contributed by atoms with Crippen molar-refractivity contribution < 1.29 is 13.5 Å². The number of hydrogen-bond donors (Lipinski definition) is 2. The Hall–Kier alpha value is -0.430. The summed E-state index contributed by atoms with van der Waals surface area (Å²) in [6, 6.07) is 3.23. The monoisotopic (exact) mass is 221 g/mol. The smallest absolute Gasteiger partial charge is 0.250 e. The number of aliphatic hydroxyl groups excluding tert-OH is 1. The molecule has 0 aliphatic rings. The van der Waals surface area contributed by atoms with Gasteiger partial charge in [0, 0.05) is 13.2 Å². The zero-order chi connectivity index (χ0) is 9.73. The first-order valence-corrected chi connectivity index (χ1v) is 6.17. The van der Waals surface area contributed by atoms with Crippen molar-refractivity contribution in [1.29, 1.82) is 0 Å². The molecule has 0 amide bonds. The van der Waals surface area contributed by atoms with Crippen LogP contribution in [0.4, 0.5) is 0 Å². The van der Waals surface area contributed by atoms with Crippen molar-refractivity contribution >= 4 is 21.4 Å². The van der Waals surface area contributed by atoms with Crippen molar-refractivity contribution in [3.05, 3.63) is 17.5 Å².